The van der Waals surface area contributed by atoms with Crippen LogP contribution in [0.15, 0.2) is 0 Å². The van der Waals surface area contributed by atoms with Crippen molar-refractivity contribution in [3.63, 3.8) is 0 Å². The number of rotatable bonds is 4. The summed E-state index contributed by atoms with van der Waals surface area (Å²) in [6, 6.07) is 0. The molecule has 0 aromatic heterocycles. The maximum absolute atomic E-state index is 13.5. The van der Waals surface area contributed by atoms with Crippen molar-refractivity contribution in [2.45, 2.75) is 76.9 Å². The minimum Gasteiger partial charge on any atom is -0.393 e. The van der Waals surface area contributed by atoms with E-state index in [-0.39, 0.29) is 47.9 Å². The Bertz CT molecular complexity index is 855. The highest BCUT2D eigenvalue weighted by Crippen LogP contribution is 2.67. The van der Waals surface area contributed by atoms with Gasteiger partial charge in [0.05, 0.1) is 6.10 Å². The second kappa shape index (κ2) is 7.07. The average Bonchev–Trinajstić information content (AvgIpc) is 2.91. The zero-order valence-electron chi connectivity index (χ0n) is 17.5. The molecule has 170 valence electrons. The zero-order chi connectivity index (χ0) is 22.1. The number of Topliss-reactive ketones (excluding diaryl/α,β-unsaturated/α-hetero) is 2. The van der Waals surface area contributed by atoms with E-state index in [9.17, 15) is 28.2 Å². The quantitative estimate of drug-likeness (QED) is 0.557. The molecule has 0 unspecified atom stereocenters. The van der Waals surface area contributed by atoms with Crippen molar-refractivity contribution >= 4 is 22.0 Å². The maximum Gasteiger partial charge on any atom is 0.397 e. The van der Waals surface area contributed by atoms with E-state index >= 15 is 0 Å². The molecule has 8 atom stereocenters. The molecule has 0 aliphatic heterocycles. The SMILES string of the molecule is C[C@]12CC[C@@H](O)C[C@H]1CC[C@@H]1[C@@H]2C(=O)C[C@@]2(C)[C@H]1CC[C@]2(O)C(=O)COS(=O)(=O)O. The molecule has 4 fully saturated rings. The molecule has 0 aromatic rings. The Morgan fingerprint density at radius 3 is 2.53 bits per heavy atom. The average molecular weight is 445 g/mol. The van der Waals surface area contributed by atoms with E-state index < -0.39 is 33.8 Å². The van der Waals surface area contributed by atoms with E-state index in [1.807, 2.05) is 0 Å². The lowest BCUT2D eigenvalue weighted by molar-refractivity contribution is -0.179. The molecule has 0 heterocycles. The van der Waals surface area contributed by atoms with Crippen LogP contribution in [0.25, 0.3) is 0 Å². The first-order valence-electron chi connectivity index (χ1n) is 10.9. The third kappa shape index (κ3) is 3.20. The highest BCUT2D eigenvalue weighted by Gasteiger charge is 2.69. The van der Waals surface area contributed by atoms with E-state index in [0.29, 0.717) is 18.8 Å². The normalized spacial score (nSPS) is 48.6. The number of carbonyl (C=O) groups excluding carboxylic acids is 2. The van der Waals surface area contributed by atoms with Gasteiger partial charge in [0.25, 0.3) is 0 Å². The van der Waals surface area contributed by atoms with Crippen molar-refractivity contribution in [3.05, 3.63) is 0 Å². The van der Waals surface area contributed by atoms with Crippen LogP contribution >= 0.6 is 0 Å². The highest BCUT2D eigenvalue weighted by atomic mass is 32.3. The summed E-state index contributed by atoms with van der Waals surface area (Å²) in [4.78, 5) is 26.3. The van der Waals surface area contributed by atoms with Crippen molar-refractivity contribution in [2.24, 2.45) is 34.5 Å². The number of carbonyl (C=O) groups is 2. The first-order chi connectivity index (χ1) is 13.8. The fourth-order valence-electron chi connectivity index (χ4n) is 7.76. The van der Waals surface area contributed by atoms with Crippen LogP contribution in [0.3, 0.4) is 0 Å². The summed E-state index contributed by atoms with van der Waals surface area (Å²) in [5.74, 6) is -0.529. The van der Waals surface area contributed by atoms with Gasteiger partial charge < -0.3 is 10.2 Å². The second-order valence-corrected chi connectivity index (χ2v) is 11.6. The Balaban J connectivity index is 1.62. The maximum atomic E-state index is 13.5. The van der Waals surface area contributed by atoms with Gasteiger partial charge in [0, 0.05) is 17.8 Å². The Hall–Kier alpha value is -0.870. The summed E-state index contributed by atoms with van der Waals surface area (Å²) < 4.78 is 34.8. The predicted molar refractivity (Wildman–Crippen MR) is 106 cm³/mol. The van der Waals surface area contributed by atoms with Crippen molar-refractivity contribution in [1.29, 1.82) is 0 Å². The molecule has 0 saturated heterocycles. The molecule has 3 N–H and O–H groups in total. The van der Waals surface area contributed by atoms with Crippen LogP contribution in [0.4, 0.5) is 0 Å². The monoisotopic (exact) mass is 444 g/mol. The Labute approximate surface area is 177 Å². The summed E-state index contributed by atoms with van der Waals surface area (Å²) in [6.07, 6.45) is 4.48. The van der Waals surface area contributed by atoms with Gasteiger partial charge in [0.1, 0.15) is 18.0 Å². The van der Waals surface area contributed by atoms with Gasteiger partial charge in [-0.2, -0.15) is 8.42 Å². The Kier molecular flexibility index (Phi) is 5.26. The van der Waals surface area contributed by atoms with Crippen molar-refractivity contribution in [2.75, 3.05) is 6.61 Å². The molecular weight excluding hydrogens is 412 g/mol. The molecule has 4 aliphatic carbocycles. The van der Waals surface area contributed by atoms with Crippen molar-refractivity contribution in [1.82, 2.24) is 0 Å². The van der Waals surface area contributed by atoms with Gasteiger partial charge >= 0.3 is 10.4 Å². The minimum absolute atomic E-state index is 0.0236. The third-order valence-corrected chi connectivity index (χ3v) is 9.69. The molecule has 4 aliphatic rings. The predicted octanol–water partition coefficient (Wildman–Crippen LogP) is 1.69. The molecule has 4 rings (SSSR count). The molecule has 0 radical (unpaired) electrons. The van der Waals surface area contributed by atoms with Crippen LogP contribution in [0.5, 0.6) is 0 Å². The molecule has 0 spiro atoms. The van der Waals surface area contributed by atoms with E-state index in [1.54, 1.807) is 6.92 Å². The number of fused-ring (bicyclic) bond motifs is 5. The van der Waals surface area contributed by atoms with Crippen molar-refractivity contribution < 1.29 is 37.0 Å². The second-order valence-electron chi connectivity index (χ2n) is 10.5. The van der Waals surface area contributed by atoms with Crippen LogP contribution in [-0.2, 0) is 24.2 Å². The summed E-state index contributed by atoms with van der Waals surface area (Å²) in [5, 5.41) is 21.5. The lowest BCUT2D eigenvalue weighted by atomic mass is 9.44. The lowest BCUT2D eigenvalue weighted by Crippen LogP contribution is -2.62. The van der Waals surface area contributed by atoms with E-state index in [0.717, 1.165) is 25.7 Å². The van der Waals surface area contributed by atoms with Gasteiger partial charge in [-0.25, -0.2) is 4.18 Å². The summed E-state index contributed by atoms with van der Waals surface area (Å²) >= 11 is 0. The lowest BCUT2D eigenvalue weighted by Gasteiger charge is -2.60. The van der Waals surface area contributed by atoms with E-state index in [4.69, 9.17) is 4.55 Å². The van der Waals surface area contributed by atoms with Crippen LogP contribution in [-0.4, -0.2) is 53.1 Å². The largest absolute Gasteiger partial charge is 0.397 e. The van der Waals surface area contributed by atoms with Crippen LogP contribution < -0.4 is 0 Å². The first-order valence-corrected chi connectivity index (χ1v) is 12.3. The van der Waals surface area contributed by atoms with Crippen LogP contribution in [0.1, 0.15) is 65.2 Å². The van der Waals surface area contributed by atoms with Gasteiger partial charge in [-0.3, -0.25) is 14.1 Å². The minimum atomic E-state index is -4.80. The smallest absolute Gasteiger partial charge is 0.393 e. The molecule has 9 heteroatoms. The topological polar surface area (TPSA) is 138 Å². The van der Waals surface area contributed by atoms with Crippen molar-refractivity contribution in [3.8, 4) is 0 Å². The standard InChI is InChI=1S/C21H32O8S/c1-19-7-5-13(22)9-12(19)3-4-14-15-6-8-21(25,17(24)11-29-30(26,27)28)20(15,2)10-16(23)18(14)19/h12-15,18,22,25H,3-11H2,1-2H3,(H,26,27,28)/t12-,13-,14+,15+,18-,19+,20+,21+/m1/s1. The molecule has 0 bridgehead atoms. The fourth-order valence-corrected chi connectivity index (χ4v) is 8.02. The number of hydrogen-bond donors (Lipinski definition) is 3. The third-order valence-electron chi connectivity index (χ3n) is 9.28. The van der Waals surface area contributed by atoms with Gasteiger partial charge in [-0.1, -0.05) is 13.8 Å². The van der Waals surface area contributed by atoms with Gasteiger partial charge in [-0.05, 0) is 68.1 Å². The van der Waals surface area contributed by atoms with Gasteiger partial charge in [-0.15, -0.1) is 0 Å². The fraction of sp³-hybridized carbons (Fsp3) is 0.905. The van der Waals surface area contributed by atoms with Crippen LogP contribution in [0.2, 0.25) is 0 Å². The first kappa shape index (κ1) is 22.3. The van der Waals surface area contributed by atoms with Gasteiger partial charge in [0.2, 0.25) is 0 Å². The van der Waals surface area contributed by atoms with E-state index in [1.165, 1.54) is 0 Å². The Morgan fingerprint density at radius 1 is 1.17 bits per heavy atom. The van der Waals surface area contributed by atoms with Gasteiger partial charge in [0.15, 0.2) is 5.78 Å². The molecule has 4 saturated carbocycles. The molecule has 0 aromatic carbocycles. The molecule has 0 amide bonds. The number of aliphatic hydroxyl groups excluding tert-OH is 1. The molecule has 30 heavy (non-hydrogen) atoms. The molecular formula is C21H32O8S. The summed E-state index contributed by atoms with van der Waals surface area (Å²) in [5.41, 5.74) is -3.01. The number of aliphatic hydroxyl groups is 2. The summed E-state index contributed by atoms with van der Waals surface area (Å²) in [7, 11) is -4.80. The van der Waals surface area contributed by atoms with E-state index in [2.05, 4.69) is 11.1 Å². The zero-order valence-corrected chi connectivity index (χ0v) is 18.4. The Morgan fingerprint density at radius 2 is 1.87 bits per heavy atom. The van der Waals surface area contributed by atoms with Crippen LogP contribution in [0, 0.1) is 34.5 Å². The number of hydrogen-bond acceptors (Lipinski definition) is 7. The summed E-state index contributed by atoms with van der Waals surface area (Å²) in [6.45, 7) is 2.99. The number of ketones is 2. The molecule has 8 nitrogen and oxygen atoms in total. The highest BCUT2D eigenvalue weighted by molar-refractivity contribution is 7.80.